The van der Waals surface area contributed by atoms with Crippen molar-refractivity contribution in [1.29, 1.82) is 0 Å². The Morgan fingerprint density at radius 3 is 0.905 bits per heavy atom. The number of hydrogen-bond donors (Lipinski definition) is 0. The van der Waals surface area contributed by atoms with Crippen LogP contribution in [-0.2, 0) is 23.9 Å². The van der Waals surface area contributed by atoms with Gasteiger partial charge in [0.15, 0.2) is 0 Å². The zero-order valence-electron chi connectivity index (χ0n) is 51.4. The third-order valence-corrected chi connectivity index (χ3v) is 16.2. The van der Waals surface area contributed by atoms with Crippen LogP contribution >= 0.6 is 0 Å². The SMILES string of the molecule is CCCCCCCCCC(CCCCCC)COC(=O)CCCCCCCCC(CCCCCCCCC(=O)OCC(CCCCCCC)CCCCCCCC)N(CCCN(C)C)C(=O)CCCCCCCC. The molecule has 0 aromatic heterocycles. The van der Waals surface area contributed by atoms with Crippen molar-refractivity contribution < 1.29 is 23.9 Å². The van der Waals surface area contributed by atoms with Crippen LogP contribution in [0.1, 0.15) is 356 Å². The summed E-state index contributed by atoms with van der Waals surface area (Å²) in [5.74, 6) is 1.44. The Kier molecular flexibility index (Phi) is 56.3. The summed E-state index contributed by atoms with van der Waals surface area (Å²) < 4.78 is 11.8. The molecule has 3 unspecified atom stereocenters. The van der Waals surface area contributed by atoms with E-state index >= 15 is 0 Å². The molecule has 0 fully saturated rings. The van der Waals surface area contributed by atoms with Crippen molar-refractivity contribution in [3.63, 3.8) is 0 Å². The molecule has 0 aromatic rings. The molecule has 0 aliphatic rings. The summed E-state index contributed by atoms with van der Waals surface area (Å²) in [5, 5.41) is 0. The zero-order chi connectivity index (χ0) is 54.2. The Morgan fingerprint density at radius 1 is 0.311 bits per heavy atom. The summed E-state index contributed by atoms with van der Waals surface area (Å²) in [4.78, 5) is 44.3. The second-order valence-corrected chi connectivity index (χ2v) is 23.9. The van der Waals surface area contributed by atoms with Crippen molar-refractivity contribution in [3.8, 4) is 0 Å². The Morgan fingerprint density at radius 2 is 0.581 bits per heavy atom. The summed E-state index contributed by atoms with van der Waals surface area (Å²) in [6, 6.07) is 0.316. The number of ether oxygens (including phenoxy) is 2. The maximum absolute atomic E-state index is 14.0. The van der Waals surface area contributed by atoms with Crippen LogP contribution in [0.5, 0.6) is 0 Å². The van der Waals surface area contributed by atoms with Crippen molar-refractivity contribution in [2.75, 3.05) is 40.4 Å². The predicted octanol–water partition coefficient (Wildman–Crippen LogP) is 20.7. The van der Waals surface area contributed by atoms with Crippen LogP contribution < -0.4 is 0 Å². The Labute approximate surface area is 463 Å². The number of unbranched alkanes of at least 4 members (excludes halogenated alkanes) is 33. The molecule has 7 heteroatoms. The van der Waals surface area contributed by atoms with Gasteiger partial charge < -0.3 is 19.3 Å². The van der Waals surface area contributed by atoms with Crippen LogP contribution in [0.3, 0.4) is 0 Å². The zero-order valence-corrected chi connectivity index (χ0v) is 51.4. The average Bonchev–Trinajstić information content (AvgIpc) is 3.39. The fourth-order valence-electron chi connectivity index (χ4n) is 11.1. The molecule has 0 aliphatic heterocycles. The first-order valence-corrected chi connectivity index (χ1v) is 33.5. The lowest BCUT2D eigenvalue weighted by atomic mass is 9.95. The summed E-state index contributed by atoms with van der Waals surface area (Å²) in [6.45, 7) is 14.5. The number of hydrogen-bond acceptors (Lipinski definition) is 6. The highest BCUT2D eigenvalue weighted by molar-refractivity contribution is 5.76. The van der Waals surface area contributed by atoms with E-state index in [0.29, 0.717) is 56.3 Å². The van der Waals surface area contributed by atoms with Gasteiger partial charge in [0.1, 0.15) is 0 Å². The van der Waals surface area contributed by atoms with Gasteiger partial charge in [-0.3, -0.25) is 14.4 Å². The Hall–Kier alpha value is -1.63. The first kappa shape index (κ1) is 72.4. The van der Waals surface area contributed by atoms with Gasteiger partial charge in [-0.1, -0.05) is 272 Å². The van der Waals surface area contributed by atoms with Gasteiger partial charge in [-0.2, -0.15) is 0 Å². The van der Waals surface area contributed by atoms with E-state index in [2.05, 4.69) is 58.5 Å². The van der Waals surface area contributed by atoms with Crippen LogP contribution in [0.2, 0.25) is 0 Å². The first-order chi connectivity index (χ1) is 36.2. The molecule has 0 rings (SSSR count). The van der Waals surface area contributed by atoms with Gasteiger partial charge in [0.2, 0.25) is 5.91 Å². The molecule has 0 spiro atoms. The fourth-order valence-corrected chi connectivity index (χ4v) is 11.1. The number of rotatable bonds is 60. The maximum Gasteiger partial charge on any atom is 0.305 e. The van der Waals surface area contributed by atoms with E-state index < -0.39 is 0 Å². The summed E-state index contributed by atoms with van der Waals surface area (Å²) in [5.41, 5.74) is 0. The van der Waals surface area contributed by atoms with Crippen molar-refractivity contribution in [3.05, 3.63) is 0 Å². The molecule has 1 amide bonds. The molecule has 0 saturated heterocycles. The third kappa shape index (κ3) is 49.9. The van der Waals surface area contributed by atoms with Crippen LogP contribution in [0.4, 0.5) is 0 Å². The third-order valence-electron chi connectivity index (χ3n) is 16.2. The number of esters is 2. The molecule has 0 heterocycles. The Bertz CT molecular complexity index is 1180. The minimum Gasteiger partial charge on any atom is -0.465 e. The van der Waals surface area contributed by atoms with Crippen LogP contribution in [0.25, 0.3) is 0 Å². The van der Waals surface area contributed by atoms with Gasteiger partial charge in [0.05, 0.1) is 13.2 Å². The molecular formula is C67H132N2O5. The van der Waals surface area contributed by atoms with Gasteiger partial charge in [0, 0.05) is 31.8 Å². The van der Waals surface area contributed by atoms with Gasteiger partial charge >= 0.3 is 11.9 Å². The lowest BCUT2D eigenvalue weighted by Crippen LogP contribution is -2.41. The van der Waals surface area contributed by atoms with Gasteiger partial charge in [-0.15, -0.1) is 0 Å². The molecule has 0 aromatic carbocycles. The molecule has 74 heavy (non-hydrogen) atoms. The molecule has 0 aliphatic carbocycles. The molecule has 3 atom stereocenters. The summed E-state index contributed by atoms with van der Waals surface area (Å²) in [6.07, 6.45) is 59.4. The van der Waals surface area contributed by atoms with Gasteiger partial charge in [0.25, 0.3) is 0 Å². The molecule has 7 nitrogen and oxygen atoms in total. The van der Waals surface area contributed by atoms with E-state index in [4.69, 9.17) is 9.47 Å². The maximum atomic E-state index is 14.0. The summed E-state index contributed by atoms with van der Waals surface area (Å²) >= 11 is 0. The molecule has 0 radical (unpaired) electrons. The van der Waals surface area contributed by atoms with Crippen LogP contribution in [0, 0.1) is 11.8 Å². The monoisotopic (exact) mass is 1050 g/mol. The van der Waals surface area contributed by atoms with Crippen molar-refractivity contribution in [1.82, 2.24) is 9.80 Å². The number of nitrogens with zero attached hydrogens (tertiary/aromatic N) is 2. The van der Waals surface area contributed by atoms with E-state index in [9.17, 15) is 14.4 Å². The molecule has 0 saturated carbocycles. The quantitative estimate of drug-likeness (QED) is 0.0446. The van der Waals surface area contributed by atoms with E-state index in [0.717, 1.165) is 96.6 Å². The number of amides is 1. The first-order valence-electron chi connectivity index (χ1n) is 33.5. The van der Waals surface area contributed by atoms with Gasteiger partial charge in [-0.25, -0.2) is 0 Å². The predicted molar refractivity (Wildman–Crippen MR) is 322 cm³/mol. The van der Waals surface area contributed by atoms with E-state index in [1.807, 2.05) is 0 Å². The molecule has 0 N–H and O–H groups in total. The summed E-state index contributed by atoms with van der Waals surface area (Å²) in [7, 11) is 4.28. The second-order valence-electron chi connectivity index (χ2n) is 23.9. The molecule has 440 valence electrons. The standard InChI is InChI=1S/C67H132N2O5/c1-8-13-18-23-26-33-42-52-62(49-39-22-17-12-5)60-73-66(71)56-46-37-29-27-34-43-53-64(69(59-48-58-68(6)7)65(70)55-45-36-25-20-15-10-3)54-44-35-28-30-38-47-57-67(72)74-61-63(50-40-31-21-16-11-4)51-41-32-24-19-14-9-2/h62-64H,8-61H2,1-7H3. The Balaban J connectivity index is 5.04. The van der Waals surface area contributed by atoms with Crippen molar-refractivity contribution in [2.24, 2.45) is 11.8 Å². The number of carbonyl (C=O) groups excluding carboxylic acids is 3. The van der Waals surface area contributed by atoms with E-state index in [-0.39, 0.29) is 11.9 Å². The van der Waals surface area contributed by atoms with Gasteiger partial charge in [-0.05, 0) is 96.7 Å². The van der Waals surface area contributed by atoms with Crippen LogP contribution in [-0.4, -0.2) is 74.1 Å². The van der Waals surface area contributed by atoms with Crippen molar-refractivity contribution >= 4 is 17.8 Å². The van der Waals surface area contributed by atoms with Crippen molar-refractivity contribution in [2.45, 2.75) is 362 Å². The highest BCUT2D eigenvalue weighted by Gasteiger charge is 2.23. The van der Waals surface area contributed by atoms with E-state index in [1.54, 1.807) is 0 Å². The minimum atomic E-state index is 0.00636. The highest BCUT2D eigenvalue weighted by atomic mass is 16.5. The molecular weight excluding hydrogens is 913 g/mol. The molecule has 0 bridgehead atoms. The largest absolute Gasteiger partial charge is 0.465 e. The lowest BCUT2D eigenvalue weighted by Gasteiger charge is -2.33. The minimum absolute atomic E-state index is 0.00636. The average molecular weight is 1050 g/mol. The number of carbonyl (C=O) groups is 3. The van der Waals surface area contributed by atoms with Crippen LogP contribution in [0.15, 0.2) is 0 Å². The smallest absolute Gasteiger partial charge is 0.305 e. The second kappa shape index (κ2) is 57.5. The lowest BCUT2D eigenvalue weighted by molar-refractivity contribution is -0.146. The fraction of sp³-hybridized carbons (Fsp3) is 0.955. The highest BCUT2D eigenvalue weighted by Crippen LogP contribution is 2.24. The normalized spacial score (nSPS) is 12.9. The topological polar surface area (TPSA) is 76.2 Å². The van der Waals surface area contributed by atoms with E-state index in [1.165, 1.54) is 218 Å².